The summed E-state index contributed by atoms with van der Waals surface area (Å²) in [6.07, 6.45) is 8.09. The third kappa shape index (κ3) is 3.84. The van der Waals surface area contributed by atoms with E-state index in [1.165, 1.54) is 33.1 Å². The minimum Gasteiger partial charge on any atom is -0.451 e. The monoisotopic (exact) mass is 418 g/mol. The summed E-state index contributed by atoms with van der Waals surface area (Å²) in [6.45, 7) is -0.387. The van der Waals surface area contributed by atoms with Gasteiger partial charge in [0.25, 0.3) is 11.8 Å². The van der Waals surface area contributed by atoms with Gasteiger partial charge in [0.05, 0.1) is 5.56 Å². The summed E-state index contributed by atoms with van der Waals surface area (Å²) in [6, 6.07) is 1.89. The van der Waals surface area contributed by atoms with E-state index in [4.69, 9.17) is 10.5 Å². The Kier molecular flexibility index (Phi) is 5.50. The highest BCUT2D eigenvalue weighted by molar-refractivity contribution is 7.17. The number of nitrogens with one attached hydrogen (secondary N) is 1. The van der Waals surface area contributed by atoms with E-state index >= 15 is 0 Å². The van der Waals surface area contributed by atoms with Crippen LogP contribution in [-0.2, 0) is 35.2 Å². The lowest BCUT2D eigenvalue weighted by molar-refractivity contribution is -0.119. The fraction of sp³-hybridized carbons (Fsp3) is 0.450. The van der Waals surface area contributed by atoms with Crippen molar-refractivity contribution in [3.8, 4) is 0 Å². The van der Waals surface area contributed by atoms with E-state index in [0.717, 1.165) is 61.8 Å². The highest BCUT2D eigenvalue weighted by atomic mass is 32.1. The smallest absolute Gasteiger partial charge is 0.348 e. The Balaban J connectivity index is 1.39. The fourth-order valence-corrected chi connectivity index (χ4v) is 6.33. The van der Waals surface area contributed by atoms with Gasteiger partial charge in [0.15, 0.2) is 6.61 Å². The third-order valence-corrected chi connectivity index (χ3v) is 7.63. The molecule has 0 atom stereocenters. The molecule has 0 aliphatic heterocycles. The van der Waals surface area contributed by atoms with Crippen molar-refractivity contribution in [3.05, 3.63) is 37.4 Å². The lowest BCUT2D eigenvalue weighted by Gasteiger charge is -2.11. The standard InChI is InChI=1S/C20H22N2O4S2/c21-18(24)17-12-6-2-4-8-14(12)28-19(17)22-16(23)10-26-20(25)15-9-11-5-1-3-7-13(11)27-15/h9H,1-8,10H2,(H2,21,24)(H,22,23). The van der Waals surface area contributed by atoms with Gasteiger partial charge in [-0.05, 0) is 68.6 Å². The summed E-state index contributed by atoms with van der Waals surface area (Å²) in [7, 11) is 0. The second-order valence-electron chi connectivity index (χ2n) is 7.17. The van der Waals surface area contributed by atoms with Gasteiger partial charge in [0.2, 0.25) is 0 Å². The van der Waals surface area contributed by atoms with Gasteiger partial charge in [-0.1, -0.05) is 0 Å². The highest BCUT2D eigenvalue weighted by Crippen LogP contribution is 2.38. The highest BCUT2D eigenvalue weighted by Gasteiger charge is 2.25. The number of thiophene rings is 2. The van der Waals surface area contributed by atoms with Gasteiger partial charge in [0.1, 0.15) is 9.88 Å². The quantitative estimate of drug-likeness (QED) is 0.727. The fourth-order valence-electron chi connectivity index (χ4n) is 3.87. The van der Waals surface area contributed by atoms with Gasteiger partial charge in [0, 0.05) is 9.75 Å². The average Bonchev–Trinajstić information content (AvgIpc) is 3.27. The van der Waals surface area contributed by atoms with Crippen LogP contribution in [0.3, 0.4) is 0 Å². The number of hydrogen-bond donors (Lipinski definition) is 2. The van der Waals surface area contributed by atoms with Crippen molar-refractivity contribution in [1.29, 1.82) is 0 Å². The van der Waals surface area contributed by atoms with Crippen LogP contribution in [0.2, 0.25) is 0 Å². The van der Waals surface area contributed by atoms with E-state index < -0.39 is 17.8 Å². The van der Waals surface area contributed by atoms with Gasteiger partial charge < -0.3 is 15.8 Å². The Morgan fingerprint density at radius 3 is 2.46 bits per heavy atom. The summed E-state index contributed by atoms with van der Waals surface area (Å²) in [4.78, 5) is 39.4. The van der Waals surface area contributed by atoms with Crippen molar-refractivity contribution in [3.63, 3.8) is 0 Å². The summed E-state index contributed by atoms with van der Waals surface area (Å²) >= 11 is 2.85. The van der Waals surface area contributed by atoms with Crippen molar-refractivity contribution in [1.82, 2.24) is 0 Å². The second-order valence-corrected chi connectivity index (χ2v) is 9.41. The number of aryl methyl sites for hydroxylation is 3. The van der Waals surface area contributed by atoms with Crippen molar-refractivity contribution in [2.24, 2.45) is 5.73 Å². The van der Waals surface area contributed by atoms with Crippen LogP contribution < -0.4 is 11.1 Å². The van der Waals surface area contributed by atoms with Gasteiger partial charge in [-0.25, -0.2) is 4.79 Å². The molecule has 8 heteroatoms. The van der Waals surface area contributed by atoms with Gasteiger partial charge >= 0.3 is 5.97 Å². The molecule has 6 nitrogen and oxygen atoms in total. The van der Waals surface area contributed by atoms with Gasteiger partial charge in [-0.2, -0.15) is 0 Å². The predicted octanol–water partition coefficient (Wildman–Crippen LogP) is 3.46. The van der Waals surface area contributed by atoms with E-state index in [1.807, 2.05) is 6.07 Å². The molecule has 2 aliphatic carbocycles. The van der Waals surface area contributed by atoms with Crippen molar-refractivity contribution in [2.75, 3.05) is 11.9 Å². The number of ether oxygens (including phenoxy) is 1. The Morgan fingerprint density at radius 1 is 1.00 bits per heavy atom. The van der Waals surface area contributed by atoms with Crippen molar-refractivity contribution < 1.29 is 19.1 Å². The SMILES string of the molecule is NC(=O)c1c(NC(=O)COC(=O)c2cc3c(s2)CCCC3)sc2c1CCCC2. The second kappa shape index (κ2) is 8.05. The minimum absolute atomic E-state index is 0.387. The molecule has 148 valence electrons. The lowest BCUT2D eigenvalue weighted by atomic mass is 9.95. The molecule has 28 heavy (non-hydrogen) atoms. The predicted molar refractivity (Wildman–Crippen MR) is 109 cm³/mol. The van der Waals surface area contributed by atoms with Crippen LogP contribution in [0.1, 0.15) is 66.6 Å². The molecule has 2 heterocycles. The van der Waals surface area contributed by atoms with Crippen molar-refractivity contribution >= 4 is 45.5 Å². The van der Waals surface area contributed by atoms with E-state index in [0.29, 0.717) is 15.4 Å². The number of hydrogen-bond acceptors (Lipinski definition) is 6. The molecule has 2 aromatic rings. The zero-order chi connectivity index (χ0) is 19.7. The molecule has 2 aromatic heterocycles. The van der Waals surface area contributed by atoms with Crippen molar-refractivity contribution in [2.45, 2.75) is 51.4 Å². The minimum atomic E-state index is -0.532. The molecule has 2 aliphatic rings. The zero-order valence-electron chi connectivity index (χ0n) is 15.5. The molecule has 0 fully saturated rings. The van der Waals surface area contributed by atoms with Gasteiger partial charge in [-0.3, -0.25) is 9.59 Å². The van der Waals surface area contributed by atoms with E-state index in [2.05, 4.69) is 5.32 Å². The summed E-state index contributed by atoms with van der Waals surface area (Å²) in [5, 5.41) is 3.17. The zero-order valence-corrected chi connectivity index (χ0v) is 17.1. The molecule has 4 rings (SSSR count). The normalized spacial score (nSPS) is 15.4. The molecule has 0 unspecified atom stereocenters. The first-order valence-electron chi connectivity index (χ1n) is 9.56. The maximum atomic E-state index is 12.3. The first kappa shape index (κ1) is 19.1. The maximum Gasteiger partial charge on any atom is 0.348 e. The van der Waals surface area contributed by atoms with Gasteiger partial charge in [-0.15, -0.1) is 22.7 Å². The Hall–Kier alpha value is -2.19. The average molecular weight is 419 g/mol. The first-order chi connectivity index (χ1) is 13.5. The first-order valence-corrected chi connectivity index (χ1v) is 11.2. The maximum absolute atomic E-state index is 12.3. The largest absolute Gasteiger partial charge is 0.451 e. The number of amides is 2. The van der Waals surface area contributed by atoms with Crippen LogP contribution in [0.5, 0.6) is 0 Å². The Morgan fingerprint density at radius 2 is 1.71 bits per heavy atom. The lowest BCUT2D eigenvalue weighted by Crippen LogP contribution is -2.22. The third-order valence-electron chi connectivity index (χ3n) is 5.20. The molecule has 3 N–H and O–H groups in total. The summed E-state index contributed by atoms with van der Waals surface area (Å²) < 4.78 is 5.19. The number of nitrogens with two attached hydrogens (primary N) is 1. The number of rotatable bonds is 5. The number of anilines is 1. The Bertz CT molecular complexity index is 921. The van der Waals surface area contributed by atoms with Crippen LogP contribution in [0.15, 0.2) is 6.07 Å². The van der Waals surface area contributed by atoms with E-state index in [-0.39, 0.29) is 6.61 Å². The van der Waals surface area contributed by atoms with Crippen LogP contribution >= 0.6 is 22.7 Å². The number of carbonyl (C=O) groups is 3. The number of carbonyl (C=O) groups excluding carboxylic acids is 3. The molecular weight excluding hydrogens is 396 g/mol. The summed E-state index contributed by atoms with van der Waals surface area (Å²) in [5.74, 6) is -1.47. The molecule has 0 radical (unpaired) electrons. The van der Waals surface area contributed by atoms with E-state index in [1.54, 1.807) is 0 Å². The Labute approximate surface area is 171 Å². The van der Waals surface area contributed by atoms with Crippen LogP contribution in [0.25, 0.3) is 0 Å². The number of esters is 1. The van der Waals surface area contributed by atoms with Crippen LogP contribution in [0, 0.1) is 0 Å². The number of primary amides is 1. The molecule has 2 amide bonds. The van der Waals surface area contributed by atoms with E-state index in [9.17, 15) is 14.4 Å². The molecule has 0 spiro atoms. The molecule has 0 bridgehead atoms. The molecule has 0 saturated heterocycles. The molecule has 0 aromatic carbocycles. The molecular formula is C20H22N2O4S2. The van der Waals surface area contributed by atoms with Crippen LogP contribution in [-0.4, -0.2) is 24.4 Å². The number of fused-ring (bicyclic) bond motifs is 2. The van der Waals surface area contributed by atoms with Crippen LogP contribution in [0.4, 0.5) is 5.00 Å². The summed E-state index contributed by atoms with van der Waals surface area (Å²) in [5.41, 5.74) is 8.13. The molecule has 0 saturated carbocycles. The topological polar surface area (TPSA) is 98.5 Å².